The molecule has 0 saturated heterocycles. The molecular weight excluding hydrogens is 57.9 g/mol. The molecule has 0 unspecified atom stereocenters. The molecule has 0 aliphatic heterocycles. The molecule has 0 bridgehead atoms. The second-order valence-corrected chi connectivity index (χ2v) is 0. The third-order valence-electron chi connectivity index (χ3n) is 0. The molecule has 0 nitrogen and oxygen atoms in total. The van der Waals surface area contributed by atoms with E-state index in [1.54, 1.807) is 0 Å². The van der Waals surface area contributed by atoms with Gasteiger partial charge in [-0.05, 0) is 0 Å². The first-order valence-electron chi connectivity index (χ1n) is 0.333. The van der Waals surface area contributed by atoms with E-state index in [-0.39, 0.29) is 37.6 Å². The van der Waals surface area contributed by atoms with Crippen molar-refractivity contribution in [2.45, 2.75) is 0 Å². The second kappa shape index (κ2) is 56.1. The number of hydrogen-bond acceptors (Lipinski definition) is 0. The molecule has 0 N–H and O–H groups in total. The fourth-order valence-electron chi connectivity index (χ4n) is 0. The first-order chi connectivity index (χ1) is 1.00. The Morgan fingerprint density at radius 1 is 1.25 bits per heavy atom. The van der Waals surface area contributed by atoms with Gasteiger partial charge in [0.05, 0.1) is 0 Å². The first kappa shape index (κ1) is 22.4. The van der Waals surface area contributed by atoms with E-state index in [1.165, 1.54) is 0 Å². The van der Waals surface area contributed by atoms with E-state index in [2.05, 4.69) is 12.8 Å². The Morgan fingerprint density at radius 3 is 1.25 bits per heavy atom. The van der Waals surface area contributed by atoms with Gasteiger partial charge in [-0.3, -0.25) is 0 Å². The van der Waals surface area contributed by atoms with E-state index in [9.17, 15) is 0 Å². The van der Waals surface area contributed by atoms with Gasteiger partial charge < -0.3 is 1.43 Å². The standard InChI is InChI=1S/C2H2.Al.Li.4H/c1-2;;;;;;/h1-2H;;;;;;/q;;+1;;;;-1. The van der Waals surface area contributed by atoms with Gasteiger partial charge in [-0.25, -0.2) is 0 Å². The summed E-state index contributed by atoms with van der Waals surface area (Å²) in [6, 6.07) is 0. The van der Waals surface area contributed by atoms with Crippen LogP contribution in [-0.2, 0) is 0 Å². The third-order valence-corrected chi connectivity index (χ3v) is 0. The van der Waals surface area contributed by atoms with Crippen LogP contribution in [0.1, 0.15) is 1.43 Å². The molecular formula is C2H6AlLi. The zero-order chi connectivity index (χ0) is 2.00. The molecule has 18 valence electrons. The summed E-state index contributed by atoms with van der Waals surface area (Å²) in [4.78, 5) is 0. The van der Waals surface area contributed by atoms with Crippen molar-refractivity contribution in [3.63, 3.8) is 0 Å². The third kappa shape index (κ3) is 16.1. The maximum atomic E-state index is 4.00. The minimum absolute atomic E-state index is 0. The Kier molecular flexibility index (Phi) is 314. The van der Waals surface area contributed by atoms with Crippen molar-refractivity contribution in [3.05, 3.63) is 0 Å². The van der Waals surface area contributed by atoms with Crippen molar-refractivity contribution >= 4 is 17.4 Å². The molecule has 0 aliphatic rings. The Hall–Kier alpha value is 0.690. The summed E-state index contributed by atoms with van der Waals surface area (Å²) in [6.07, 6.45) is 8.00. The van der Waals surface area contributed by atoms with E-state index in [0.29, 0.717) is 0 Å². The average molecular weight is 64.0 g/mol. The van der Waals surface area contributed by atoms with Crippen molar-refractivity contribution in [2.75, 3.05) is 0 Å². The molecule has 0 atom stereocenters. The van der Waals surface area contributed by atoms with Crippen LogP contribution in [0.15, 0.2) is 0 Å². The number of hydrogen-bond donors (Lipinski definition) is 0. The zero-order valence-corrected chi connectivity index (χ0v) is 2.15. The van der Waals surface area contributed by atoms with Crippen LogP contribution in [0.5, 0.6) is 0 Å². The summed E-state index contributed by atoms with van der Waals surface area (Å²) in [5, 5.41) is 0. The molecule has 0 aromatic heterocycles. The van der Waals surface area contributed by atoms with Gasteiger partial charge in [0.2, 0.25) is 0 Å². The van der Waals surface area contributed by atoms with Gasteiger partial charge in [-0.15, -0.1) is 12.8 Å². The number of terminal acetylenes is 1. The molecule has 0 radical (unpaired) electrons. The Labute approximate surface area is 50.8 Å². The molecule has 0 saturated carbocycles. The molecule has 0 rings (SSSR count). The smallest absolute Gasteiger partial charge is 1.00 e. The summed E-state index contributed by atoms with van der Waals surface area (Å²) >= 11 is 0. The van der Waals surface area contributed by atoms with Crippen LogP contribution in [-0.4, -0.2) is 17.4 Å². The van der Waals surface area contributed by atoms with Crippen molar-refractivity contribution in [3.8, 4) is 12.8 Å². The molecule has 0 spiro atoms. The maximum absolute atomic E-state index is 4.00. The minimum Gasteiger partial charge on any atom is -1.00 e. The van der Waals surface area contributed by atoms with E-state index in [1.807, 2.05) is 0 Å². The van der Waals surface area contributed by atoms with E-state index >= 15 is 0 Å². The van der Waals surface area contributed by atoms with Gasteiger partial charge in [-0.1, -0.05) is 0 Å². The van der Waals surface area contributed by atoms with Crippen LogP contribution in [0.4, 0.5) is 0 Å². The normalized spacial score (nSPS) is 0.500. The molecule has 0 fully saturated rings. The minimum atomic E-state index is 0. The van der Waals surface area contributed by atoms with Gasteiger partial charge >= 0.3 is 18.9 Å². The number of rotatable bonds is 0. The zero-order valence-electron chi connectivity index (χ0n) is 3.15. The predicted octanol–water partition coefficient (Wildman–Crippen LogP) is -3.82. The Balaban J connectivity index is -0.00000000167. The van der Waals surface area contributed by atoms with Gasteiger partial charge in [0.15, 0.2) is 17.4 Å². The van der Waals surface area contributed by atoms with Gasteiger partial charge in [0, 0.05) is 0 Å². The summed E-state index contributed by atoms with van der Waals surface area (Å²) in [7, 11) is 0. The van der Waals surface area contributed by atoms with Crippen molar-refractivity contribution in [1.29, 1.82) is 0 Å². The predicted molar refractivity (Wildman–Crippen MR) is 20.9 cm³/mol. The van der Waals surface area contributed by atoms with Gasteiger partial charge in [-0.2, -0.15) is 0 Å². The van der Waals surface area contributed by atoms with Gasteiger partial charge in [0.25, 0.3) is 0 Å². The molecule has 0 aromatic rings. The van der Waals surface area contributed by atoms with Crippen LogP contribution in [0.25, 0.3) is 0 Å². The van der Waals surface area contributed by atoms with Crippen LogP contribution in [0, 0.1) is 12.8 Å². The summed E-state index contributed by atoms with van der Waals surface area (Å²) in [5.74, 6) is 0. The van der Waals surface area contributed by atoms with E-state index < -0.39 is 0 Å². The fraction of sp³-hybridized carbons (Fsp3) is 0. The van der Waals surface area contributed by atoms with Crippen LogP contribution >= 0.6 is 0 Å². The summed E-state index contributed by atoms with van der Waals surface area (Å²) in [5.41, 5.74) is 0. The summed E-state index contributed by atoms with van der Waals surface area (Å²) in [6.45, 7) is 0. The van der Waals surface area contributed by atoms with E-state index in [0.717, 1.165) is 0 Å². The molecule has 0 aliphatic carbocycles. The topological polar surface area (TPSA) is 0 Å². The van der Waals surface area contributed by atoms with Gasteiger partial charge in [0.1, 0.15) is 0 Å². The molecule has 0 heterocycles. The van der Waals surface area contributed by atoms with Crippen molar-refractivity contribution < 1.29 is 20.3 Å². The van der Waals surface area contributed by atoms with Crippen molar-refractivity contribution in [1.82, 2.24) is 0 Å². The first-order valence-corrected chi connectivity index (χ1v) is 0.333. The van der Waals surface area contributed by atoms with Crippen LogP contribution in [0.2, 0.25) is 0 Å². The molecule has 2 heteroatoms. The van der Waals surface area contributed by atoms with Crippen molar-refractivity contribution in [2.24, 2.45) is 0 Å². The Bertz CT molecular complexity index is 14.4. The maximum Gasteiger partial charge on any atom is 1.00 e. The summed E-state index contributed by atoms with van der Waals surface area (Å²) < 4.78 is 0. The Morgan fingerprint density at radius 2 is 1.25 bits per heavy atom. The van der Waals surface area contributed by atoms with E-state index in [4.69, 9.17) is 0 Å². The SMILES string of the molecule is C#C.[AlH3].[H-].[Li+]. The molecule has 0 amide bonds. The largest absolute Gasteiger partial charge is 1.00 e. The van der Waals surface area contributed by atoms with Crippen LogP contribution < -0.4 is 18.9 Å². The molecule has 0 aromatic carbocycles. The quantitative estimate of drug-likeness (QED) is 0.200. The second-order valence-electron chi connectivity index (χ2n) is 0. The monoisotopic (exact) mass is 64.0 g/mol. The molecule has 4 heavy (non-hydrogen) atoms. The van der Waals surface area contributed by atoms with Crippen LogP contribution in [0.3, 0.4) is 0 Å². The average Bonchev–Trinajstić information content (AvgIpc) is 1.00. The fourth-order valence-corrected chi connectivity index (χ4v) is 0.